The highest BCUT2D eigenvalue weighted by Gasteiger charge is 2.11. The lowest BCUT2D eigenvalue weighted by Gasteiger charge is -2.06. The highest BCUT2D eigenvalue weighted by atomic mass is 16.6. The van der Waals surface area contributed by atoms with E-state index in [0.29, 0.717) is 13.2 Å². The van der Waals surface area contributed by atoms with E-state index >= 15 is 0 Å². The zero-order chi connectivity index (χ0) is 17.2. The van der Waals surface area contributed by atoms with Crippen molar-refractivity contribution < 1.29 is 19.1 Å². The first kappa shape index (κ1) is 21.9. The minimum absolute atomic E-state index is 0.258. The Morgan fingerprint density at radius 3 is 1.30 bits per heavy atom. The van der Waals surface area contributed by atoms with Crippen molar-refractivity contribution >= 4 is 11.9 Å². The van der Waals surface area contributed by atoms with E-state index in [0.717, 1.165) is 25.7 Å². The topological polar surface area (TPSA) is 52.6 Å². The van der Waals surface area contributed by atoms with Crippen molar-refractivity contribution in [3.8, 4) is 0 Å². The smallest absolute Gasteiger partial charge is 0.317 e. The van der Waals surface area contributed by atoms with Crippen molar-refractivity contribution in [3.63, 3.8) is 0 Å². The number of hydrogen-bond donors (Lipinski definition) is 0. The van der Waals surface area contributed by atoms with Crippen LogP contribution in [-0.4, -0.2) is 25.2 Å². The maximum absolute atomic E-state index is 11.5. The molecule has 23 heavy (non-hydrogen) atoms. The van der Waals surface area contributed by atoms with Crippen molar-refractivity contribution in [2.45, 2.75) is 97.3 Å². The zero-order valence-corrected chi connectivity index (χ0v) is 15.2. The molecule has 0 amide bonds. The molecule has 136 valence electrons. The van der Waals surface area contributed by atoms with E-state index in [9.17, 15) is 9.59 Å². The summed E-state index contributed by atoms with van der Waals surface area (Å²) in [7, 11) is 0. The van der Waals surface area contributed by atoms with Gasteiger partial charge in [0.1, 0.15) is 6.42 Å². The summed E-state index contributed by atoms with van der Waals surface area (Å²) in [5, 5.41) is 0. The van der Waals surface area contributed by atoms with Crippen LogP contribution in [0.3, 0.4) is 0 Å². The first-order valence-corrected chi connectivity index (χ1v) is 9.52. The molecule has 0 saturated heterocycles. The van der Waals surface area contributed by atoms with Gasteiger partial charge in [0.05, 0.1) is 13.2 Å². The van der Waals surface area contributed by atoms with Gasteiger partial charge >= 0.3 is 11.9 Å². The van der Waals surface area contributed by atoms with Crippen LogP contribution < -0.4 is 0 Å². The summed E-state index contributed by atoms with van der Waals surface area (Å²) in [6, 6.07) is 0. The van der Waals surface area contributed by atoms with Gasteiger partial charge < -0.3 is 9.47 Å². The second kappa shape index (κ2) is 17.3. The molecule has 0 atom stereocenters. The Bertz CT molecular complexity index is 261. The molecule has 0 aromatic carbocycles. The van der Waals surface area contributed by atoms with Gasteiger partial charge in [-0.05, 0) is 12.8 Å². The van der Waals surface area contributed by atoms with E-state index in [2.05, 4.69) is 13.8 Å². The van der Waals surface area contributed by atoms with E-state index in [1.807, 2.05) is 0 Å². The van der Waals surface area contributed by atoms with Gasteiger partial charge in [-0.3, -0.25) is 9.59 Å². The Morgan fingerprint density at radius 1 is 0.565 bits per heavy atom. The highest BCUT2D eigenvalue weighted by Crippen LogP contribution is 2.06. The van der Waals surface area contributed by atoms with Crippen molar-refractivity contribution in [1.82, 2.24) is 0 Å². The zero-order valence-electron chi connectivity index (χ0n) is 15.2. The summed E-state index contributed by atoms with van der Waals surface area (Å²) in [6.07, 6.45) is 13.5. The molecule has 0 aliphatic rings. The van der Waals surface area contributed by atoms with Gasteiger partial charge in [0, 0.05) is 0 Å². The molecule has 0 radical (unpaired) electrons. The van der Waals surface area contributed by atoms with Gasteiger partial charge in [-0.2, -0.15) is 0 Å². The Labute approximate surface area is 142 Å². The van der Waals surface area contributed by atoms with Crippen LogP contribution in [0, 0.1) is 0 Å². The number of ether oxygens (including phenoxy) is 2. The number of rotatable bonds is 16. The van der Waals surface area contributed by atoms with Crippen LogP contribution in [0.1, 0.15) is 97.3 Å². The van der Waals surface area contributed by atoms with Crippen molar-refractivity contribution in [2.75, 3.05) is 13.2 Å². The first-order valence-electron chi connectivity index (χ1n) is 9.52. The predicted molar refractivity (Wildman–Crippen MR) is 93.3 cm³/mol. The molecular weight excluding hydrogens is 292 g/mol. The van der Waals surface area contributed by atoms with Gasteiger partial charge in [0.25, 0.3) is 0 Å². The molecule has 0 aromatic heterocycles. The molecular formula is C19H36O4. The van der Waals surface area contributed by atoms with Gasteiger partial charge in [-0.1, -0.05) is 78.1 Å². The highest BCUT2D eigenvalue weighted by molar-refractivity contribution is 5.91. The van der Waals surface area contributed by atoms with Crippen molar-refractivity contribution in [3.05, 3.63) is 0 Å². The first-order chi connectivity index (χ1) is 11.2. The fourth-order valence-electron chi connectivity index (χ4n) is 2.36. The average molecular weight is 328 g/mol. The molecule has 0 aromatic rings. The van der Waals surface area contributed by atoms with Crippen LogP contribution in [0.15, 0.2) is 0 Å². The Hall–Kier alpha value is -1.06. The lowest BCUT2D eigenvalue weighted by Crippen LogP contribution is -2.15. The van der Waals surface area contributed by atoms with Crippen molar-refractivity contribution in [1.29, 1.82) is 0 Å². The van der Waals surface area contributed by atoms with Gasteiger partial charge in [-0.15, -0.1) is 0 Å². The summed E-state index contributed by atoms with van der Waals surface area (Å²) < 4.78 is 10.1. The number of esters is 2. The number of hydrogen-bond acceptors (Lipinski definition) is 4. The Kier molecular flexibility index (Phi) is 16.5. The molecule has 0 bridgehead atoms. The van der Waals surface area contributed by atoms with Crippen LogP contribution in [-0.2, 0) is 19.1 Å². The summed E-state index contributed by atoms with van der Waals surface area (Å²) >= 11 is 0. The maximum Gasteiger partial charge on any atom is 0.317 e. The van der Waals surface area contributed by atoms with E-state index in [4.69, 9.17) is 9.47 Å². The minimum Gasteiger partial charge on any atom is -0.465 e. The largest absolute Gasteiger partial charge is 0.465 e. The van der Waals surface area contributed by atoms with Crippen LogP contribution >= 0.6 is 0 Å². The molecule has 4 nitrogen and oxygen atoms in total. The standard InChI is InChI=1S/C19H36O4/c1-3-5-7-9-11-13-15-22-18(20)17-19(21)23-16-14-12-10-8-6-4-2/h3-17H2,1-2H3. The molecule has 0 saturated carbocycles. The molecule has 0 heterocycles. The van der Waals surface area contributed by atoms with Crippen LogP contribution in [0.5, 0.6) is 0 Å². The van der Waals surface area contributed by atoms with E-state index in [1.54, 1.807) is 0 Å². The van der Waals surface area contributed by atoms with E-state index in [1.165, 1.54) is 51.4 Å². The summed E-state index contributed by atoms with van der Waals surface area (Å²) in [4.78, 5) is 22.9. The Balaban J connectivity index is 3.36. The predicted octanol–water partition coefficient (Wildman–Crippen LogP) is 5.18. The summed E-state index contributed by atoms with van der Waals surface area (Å²) in [5.41, 5.74) is 0. The summed E-state index contributed by atoms with van der Waals surface area (Å²) in [5.74, 6) is -0.932. The molecule has 4 heteroatoms. The van der Waals surface area contributed by atoms with Gasteiger partial charge in [0.15, 0.2) is 0 Å². The van der Waals surface area contributed by atoms with E-state index < -0.39 is 11.9 Å². The second-order valence-corrected chi connectivity index (χ2v) is 6.15. The molecule has 0 fully saturated rings. The molecule has 0 aliphatic carbocycles. The molecule has 0 aliphatic heterocycles. The minimum atomic E-state index is -0.466. The normalized spacial score (nSPS) is 10.5. The van der Waals surface area contributed by atoms with Crippen LogP contribution in [0.2, 0.25) is 0 Å². The maximum atomic E-state index is 11.5. The van der Waals surface area contributed by atoms with E-state index in [-0.39, 0.29) is 6.42 Å². The van der Waals surface area contributed by atoms with Gasteiger partial charge in [-0.25, -0.2) is 0 Å². The lowest BCUT2D eigenvalue weighted by molar-refractivity contribution is -0.154. The number of carbonyl (C=O) groups excluding carboxylic acids is 2. The second-order valence-electron chi connectivity index (χ2n) is 6.15. The van der Waals surface area contributed by atoms with Crippen molar-refractivity contribution in [2.24, 2.45) is 0 Å². The molecule has 0 N–H and O–H groups in total. The lowest BCUT2D eigenvalue weighted by atomic mass is 10.1. The SMILES string of the molecule is CCCCCCCCOC(=O)CC(=O)OCCCCCCCC. The quantitative estimate of drug-likeness (QED) is 0.222. The van der Waals surface area contributed by atoms with Crippen LogP contribution in [0.4, 0.5) is 0 Å². The third-order valence-electron chi connectivity index (χ3n) is 3.81. The monoisotopic (exact) mass is 328 g/mol. The number of unbranched alkanes of at least 4 members (excludes halogenated alkanes) is 10. The van der Waals surface area contributed by atoms with Crippen LogP contribution in [0.25, 0.3) is 0 Å². The fraction of sp³-hybridized carbons (Fsp3) is 0.895. The molecule has 0 rings (SSSR count). The fourth-order valence-corrected chi connectivity index (χ4v) is 2.36. The third kappa shape index (κ3) is 17.1. The molecule has 0 unspecified atom stereocenters. The van der Waals surface area contributed by atoms with Gasteiger partial charge in [0.2, 0.25) is 0 Å². The third-order valence-corrected chi connectivity index (χ3v) is 3.81. The number of carbonyl (C=O) groups is 2. The Morgan fingerprint density at radius 2 is 0.913 bits per heavy atom. The molecule has 0 spiro atoms. The average Bonchev–Trinajstić information content (AvgIpc) is 2.53. The summed E-state index contributed by atoms with van der Waals surface area (Å²) in [6.45, 7) is 5.20.